The summed E-state index contributed by atoms with van der Waals surface area (Å²) in [5, 5.41) is 27.5. The van der Waals surface area contributed by atoms with Crippen molar-refractivity contribution in [3.63, 3.8) is 0 Å². The van der Waals surface area contributed by atoms with E-state index in [0.29, 0.717) is 0 Å². The fraction of sp³-hybridized carbons (Fsp3) is 0.791. The van der Waals surface area contributed by atoms with Crippen LogP contribution in [0.25, 0.3) is 0 Å². The maximum atomic E-state index is 5.06. The molecule has 0 saturated carbocycles. The molecule has 2 N–H and O–H groups in total. The van der Waals surface area contributed by atoms with Crippen molar-refractivity contribution in [2.75, 3.05) is 35.2 Å². The Bertz CT molecular complexity index is 2170. The third kappa shape index (κ3) is 46.1. The Balaban J connectivity index is 1.23. The number of hydrogen-bond donors (Lipinski definition) is 2. The molecule has 2 aromatic carbocycles. The van der Waals surface area contributed by atoms with Gasteiger partial charge in [-0.3, -0.25) is 0 Å². The third-order valence-corrected chi connectivity index (χ3v) is 22.7. The van der Waals surface area contributed by atoms with Gasteiger partial charge in [-0.05, 0) is 49.9 Å². The predicted octanol–water partition coefficient (Wildman–Crippen LogP) is 29.5. The second-order valence-corrected chi connectivity index (χ2v) is 32.0. The molecule has 4 aromatic rings. The van der Waals surface area contributed by atoms with Crippen LogP contribution in [0.4, 0.5) is 34.6 Å². The van der Waals surface area contributed by atoms with Crippen LogP contribution in [0.5, 0.6) is 0 Å². The van der Waals surface area contributed by atoms with Gasteiger partial charge in [0.1, 0.15) is 11.4 Å². The van der Waals surface area contributed by atoms with Crippen molar-refractivity contribution in [1.82, 2.24) is 9.13 Å². The van der Waals surface area contributed by atoms with Crippen LogP contribution in [0.3, 0.4) is 0 Å². The van der Waals surface area contributed by atoms with Crippen molar-refractivity contribution < 1.29 is 9.13 Å². The van der Waals surface area contributed by atoms with Gasteiger partial charge in [0, 0.05) is 34.8 Å². The Hall–Kier alpha value is -3.64. The number of para-hydroxylation sites is 2. The summed E-state index contributed by atoms with van der Waals surface area (Å²) < 4.78 is 9.47. The van der Waals surface area contributed by atoms with Gasteiger partial charge < -0.3 is 10.6 Å². The standard InChI is InChI=1S/C86H152N10S2/c1-5-9-13-17-21-25-29-33-37-41-45-49-53-61-71-93-75-76-94(72-62-54-50-46-42-38-34-30-26-22-18-14-10-6-2)85(93)91-89-83-67-59-57-65-81(83)87-69-79-97-98-80-70-88-82-66-58-60-68-84(82)90-92-86-95(73-63-55-51-47-43-39-35-31-27-23-19-15-11-7-3)77-78-96(86)74-64-56-52-48-44-40-36-32-28-24-20-16-12-8-4/h57-60,65-68,75-78H,5-56,61-64,69-74,79-80H2,1-4H3/p+2. The highest BCUT2D eigenvalue weighted by atomic mass is 33.1. The molecule has 2 heterocycles. The number of imidazole rings is 2. The summed E-state index contributed by atoms with van der Waals surface area (Å²) >= 11 is 0. The number of hydrogen-bond acceptors (Lipinski definition) is 8. The van der Waals surface area contributed by atoms with Gasteiger partial charge in [0.05, 0.1) is 62.3 Å². The number of nitrogens with zero attached hydrogens (tertiary/aromatic N) is 8. The molecule has 4 rings (SSSR count). The quantitative estimate of drug-likeness (QED) is 0.0199. The van der Waals surface area contributed by atoms with Crippen molar-refractivity contribution >= 4 is 56.2 Å². The van der Waals surface area contributed by atoms with Crippen LogP contribution in [0.1, 0.15) is 387 Å². The number of aromatic nitrogens is 4. The number of aryl methyl sites for hydroxylation is 4. The molecule has 0 bridgehead atoms. The lowest BCUT2D eigenvalue weighted by Crippen LogP contribution is -2.32. The first-order chi connectivity index (χ1) is 48.7. The zero-order chi connectivity index (χ0) is 69.2. The van der Waals surface area contributed by atoms with Crippen molar-refractivity contribution in [1.29, 1.82) is 0 Å². The Labute approximate surface area is 613 Å². The second kappa shape index (κ2) is 65.4. The van der Waals surface area contributed by atoms with Crippen LogP contribution in [0.2, 0.25) is 0 Å². The lowest BCUT2D eigenvalue weighted by molar-refractivity contribution is -0.684. The lowest BCUT2D eigenvalue weighted by atomic mass is 10.0. The van der Waals surface area contributed by atoms with Crippen LogP contribution < -0.4 is 19.8 Å². The van der Waals surface area contributed by atoms with Gasteiger partial charge in [0.25, 0.3) is 0 Å². The molecule has 0 amide bonds. The highest BCUT2D eigenvalue weighted by Crippen LogP contribution is 2.30. The normalized spacial score (nSPS) is 11.8. The maximum Gasteiger partial charge on any atom is 0.421 e. The average Bonchev–Trinajstić information content (AvgIpc) is 1.69. The van der Waals surface area contributed by atoms with Gasteiger partial charge in [-0.15, -0.1) is 0 Å². The van der Waals surface area contributed by atoms with E-state index in [0.717, 1.165) is 85.4 Å². The molecule has 12 heteroatoms. The number of unbranched alkanes of at least 4 members (excludes halogenated alkanes) is 52. The molecule has 2 aromatic heterocycles. The Morgan fingerprint density at radius 3 is 0.786 bits per heavy atom. The van der Waals surface area contributed by atoms with Crippen molar-refractivity contribution in [2.24, 2.45) is 20.5 Å². The van der Waals surface area contributed by atoms with Gasteiger partial charge in [0.2, 0.25) is 0 Å². The molecule has 0 radical (unpaired) electrons. The van der Waals surface area contributed by atoms with E-state index in [9.17, 15) is 0 Å². The first-order valence-corrected chi connectivity index (χ1v) is 45.1. The van der Waals surface area contributed by atoms with Crippen molar-refractivity contribution in [3.8, 4) is 0 Å². The first-order valence-electron chi connectivity index (χ1n) is 42.6. The summed E-state index contributed by atoms with van der Waals surface area (Å²) in [6.45, 7) is 14.9. The Morgan fingerprint density at radius 1 is 0.286 bits per heavy atom. The molecule has 98 heavy (non-hydrogen) atoms. The van der Waals surface area contributed by atoms with Crippen LogP contribution in [-0.2, 0) is 26.2 Å². The molecular formula is C86H154N10S2+2. The fourth-order valence-electron chi connectivity index (χ4n) is 13.9. The minimum atomic E-state index is 0.857. The molecular weight excluding hydrogens is 1240 g/mol. The van der Waals surface area contributed by atoms with Crippen molar-refractivity contribution in [3.05, 3.63) is 73.3 Å². The molecule has 0 aliphatic heterocycles. The van der Waals surface area contributed by atoms with E-state index in [-0.39, 0.29) is 0 Å². The SMILES string of the molecule is CCCCCCCCCCCCCCCCn1cc[n+](CCCCCCCCCCCCCCCC)c1N=Nc1ccccc1NCCSSCCNc1ccccc1N=Nc1n(CCCCCCCCCCCCCCCC)cc[n+]1CCCCCCCCCCCCCCCC. The molecule has 0 spiro atoms. The summed E-state index contributed by atoms with van der Waals surface area (Å²) in [5.74, 6) is 3.94. The Kier molecular flexibility index (Phi) is 57.9. The molecule has 0 fully saturated rings. The predicted molar refractivity (Wildman–Crippen MR) is 434 cm³/mol. The van der Waals surface area contributed by atoms with Crippen LogP contribution in [0.15, 0.2) is 93.8 Å². The molecule has 0 aliphatic rings. The van der Waals surface area contributed by atoms with E-state index in [1.54, 1.807) is 0 Å². The monoisotopic (exact) mass is 1390 g/mol. The molecule has 0 saturated heterocycles. The lowest BCUT2D eigenvalue weighted by Gasteiger charge is -2.09. The largest absolute Gasteiger partial charge is 0.421 e. The summed E-state index contributed by atoms with van der Waals surface area (Å²) in [4.78, 5) is 0. The second-order valence-electron chi connectivity index (χ2n) is 29.3. The number of rotatable bonds is 73. The zero-order valence-electron chi connectivity index (χ0n) is 64.6. The smallest absolute Gasteiger partial charge is 0.382 e. The zero-order valence-corrected chi connectivity index (χ0v) is 66.2. The number of benzene rings is 2. The molecule has 0 atom stereocenters. The van der Waals surface area contributed by atoms with Gasteiger partial charge in [-0.1, -0.05) is 418 Å². The molecule has 0 aliphatic carbocycles. The molecule has 0 unspecified atom stereocenters. The van der Waals surface area contributed by atoms with E-state index in [4.69, 9.17) is 20.5 Å². The van der Waals surface area contributed by atoms with Gasteiger partial charge in [0.15, 0.2) is 0 Å². The van der Waals surface area contributed by atoms with E-state index in [1.165, 1.54) is 360 Å². The summed E-state index contributed by atoms with van der Waals surface area (Å²) in [5.41, 5.74) is 3.88. The number of anilines is 2. The van der Waals surface area contributed by atoms with E-state index >= 15 is 0 Å². The fourth-order valence-corrected chi connectivity index (χ4v) is 15.8. The topological polar surface area (TPSA) is 91.1 Å². The van der Waals surface area contributed by atoms with Gasteiger partial charge >= 0.3 is 11.9 Å². The summed E-state index contributed by atoms with van der Waals surface area (Å²) in [6.07, 6.45) is 86.2. The maximum absolute atomic E-state index is 5.06. The van der Waals surface area contributed by atoms with Crippen LogP contribution >= 0.6 is 21.6 Å². The highest BCUT2D eigenvalue weighted by Gasteiger charge is 2.20. The minimum Gasteiger partial charge on any atom is -0.382 e. The minimum absolute atomic E-state index is 0.857. The van der Waals surface area contributed by atoms with Crippen LogP contribution in [0, 0.1) is 0 Å². The Morgan fingerprint density at radius 2 is 0.520 bits per heavy atom. The molecule has 10 nitrogen and oxygen atoms in total. The van der Waals surface area contributed by atoms with Gasteiger partial charge in [-0.25, -0.2) is 18.3 Å². The van der Waals surface area contributed by atoms with E-state index in [2.05, 4.69) is 130 Å². The van der Waals surface area contributed by atoms with Crippen molar-refractivity contribution in [2.45, 2.75) is 413 Å². The summed E-state index contributed by atoms with van der Waals surface area (Å²) in [6, 6.07) is 16.9. The average molecular weight is 1390 g/mol. The van der Waals surface area contributed by atoms with Gasteiger partial charge in [-0.2, -0.15) is 0 Å². The number of nitrogens with one attached hydrogen (secondary N) is 2. The van der Waals surface area contributed by atoms with E-state index < -0.39 is 0 Å². The van der Waals surface area contributed by atoms with Crippen LogP contribution in [-0.4, -0.2) is 33.7 Å². The number of azo groups is 2. The first kappa shape index (κ1) is 86.8. The van der Waals surface area contributed by atoms with E-state index in [1.807, 2.05) is 21.6 Å². The third-order valence-electron chi connectivity index (χ3n) is 20.3. The summed E-state index contributed by atoms with van der Waals surface area (Å²) in [7, 11) is 3.85. The molecule has 558 valence electrons. The highest BCUT2D eigenvalue weighted by molar-refractivity contribution is 8.76.